The van der Waals surface area contributed by atoms with Crippen LogP contribution in [-0.4, -0.2) is 52.0 Å². The molecule has 0 aliphatic carbocycles. The molecule has 0 radical (unpaired) electrons. The van der Waals surface area contributed by atoms with Crippen LogP contribution in [0.15, 0.2) is 41.3 Å². The highest BCUT2D eigenvalue weighted by Crippen LogP contribution is 2.32. The minimum atomic E-state index is -3.85. The third-order valence-electron chi connectivity index (χ3n) is 4.21. The number of amides is 1. The van der Waals surface area contributed by atoms with E-state index in [0.717, 1.165) is 0 Å². The molecule has 0 spiro atoms. The number of carbonyl (C=O) groups excluding carboxylic acids is 1. The summed E-state index contributed by atoms with van der Waals surface area (Å²) in [7, 11) is -2.48. The number of rotatable bonds is 5. The topological polar surface area (TPSA) is 84.9 Å². The summed E-state index contributed by atoms with van der Waals surface area (Å²) in [4.78, 5) is 12.6. The van der Waals surface area contributed by atoms with Crippen LogP contribution in [0.25, 0.3) is 0 Å². The summed E-state index contributed by atoms with van der Waals surface area (Å²) in [6.45, 7) is 1.09. The van der Waals surface area contributed by atoms with Gasteiger partial charge in [0.2, 0.25) is 10.0 Å². The molecule has 1 N–H and O–H groups in total. The average molecular weight is 445 g/mol. The Balaban J connectivity index is 1.95. The van der Waals surface area contributed by atoms with Gasteiger partial charge < -0.3 is 14.8 Å². The number of nitrogens with zero attached hydrogens (tertiary/aromatic N) is 1. The van der Waals surface area contributed by atoms with Crippen LogP contribution in [0.1, 0.15) is 10.4 Å². The van der Waals surface area contributed by atoms with Gasteiger partial charge in [-0.2, -0.15) is 4.31 Å². The normalized spacial score (nSPS) is 15.2. The number of benzene rings is 2. The first-order valence-corrected chi connectivity index (χ1v) is 10.6. The molecule has 1 aliphatic rings. The molecule has 2 aromatic carbocycles. The number of morpholine rings is 1. The van der Waals surface area contributed by atoms with Crippen molar-refractivity contribution in [3.63, 3.8) is 0 Å². The number of halogens is 2. The first-order chi connectivity index (χ1) is 13.3. The third kappa shape index (κ3) is 4.26. The summed E-state index contributed by atoms with van der Waals surface area (Å²) in [5.41, 5.74) is 0.382. The third-order valence-corrected chi connectivity index (χ3v) is 6.76. The lowest BCUT2D eigenvalue weighted by Crippen LogP contribution is -2.40. The minimum Gasteiger partial charge on any atom is -0.495 e. The summed E-state index contributed by atoms with van der Waals surface area (Å²) >= 11 is 12.2. The molecule has 150 valence electrons. The van der Waals surface area contributed by atoms with Crippen molar-refractivity contribution in [3.05, 3.63) is 52.0 Å². The number of methoxy groups -OCH3 is 1. The van der Waals surface area contributed by atoms with E-state index in [1.165, 1.54) is 29.6 Å². The summed E-state index contributed by atoms with van der Waals surface area (Å²) < 4.78 is 37.8. The maximum Gasteiger partial charge on any atom is 0.255 e. The molecular formula is C18H18Cl2N2O5S. The lowest BCUT2D eigenvalue weighted by atomic mass is 10.2. The Hall–Kier alpha value is -1.84. The van der Waals surface area contributed by atoms with Gasteiger partial charge in [-0.05, 0) is 30.3 Å². The van der Waals surface area contributed by atoms with Gasteiger partial charge in [0.15, 0.2) is 0 Å². The Morgan fingerprint density at radius 3 is 2.39 bits per heavy atom. The zero-order valence-electron chi connectivity index (χ0n) is 14.9. The molecule has 0 aromatic heterocycles. The summed E-state index contributed by atoms with van der Waals surface area (Å²) in [5.74, 6) is -0.394. The van der Waals surface area contributed by atoms with Crippen LogP contribution in [0.5, 0.6) is 5.75 Å². The Morgan fingerprint density at radius 1 is 1.14 bits per heavy atom. The molecule has 1 saturated heterocycles. The van der Waals surface area contributed by atoms with Crippen molar-refractivity contribution in [2.75, 3.05) is 38.7 Å². The van der Waals surface area contributed by atoms with E-state index >= 15 is 0 Å². The first kappa shape index (κ1) is 20.9. The fraction of sp³-hybridized carbons (Fsp3) is 0.278. The van der Waals surface area contributed by atoms with E-state index in [1.54, 1.807) is 18.2 Å². The molecule has 1 aliphatic heterocycles. The van der Waals surface area contributed by atoms with E-state index in [-0.39, 0.29) is 45.0 Å². The highest BCUT2D eigenvalue weighted by Gasteiger charge is 2.30. The van der Waals surface area contributed by atoms with E-state index in [4.69, 9.17) is 32.7 Å². The van der Waals surface area contributed by atoms with Crippen LogP contribution >= 0.6 is 23.2 Å². The van der Waals surface area contributed by atoms with Gasteiger partial charge in [0.05, 0.1) is 36.1 Å². The maximum atomic E-state index is 13.0. The summed E-state index contributed by atoms with van der Waals surface area (Å²) in [5, 5.41) is 3.17. The molecule has 2 aromatic rings. The van der Waals surface area contributed by atoms with Crippen molar-refractivity contribution in [1.82, 2.24) is 4.31 Å². The molecule has 0 saturated carbocycles. The van der Waals surface area contributed by atoms with E-state index in [2.05, 4.69) is 5.32 Å². The van der Waals surface area contributed by atoms with Crippen LogP contribution in [0, 0.1) is 0 Å². The monoisotopic (exact) mass is 444 g/mol. The second-order valence-corrected chi connectivity index (χ2v) is 8.65. The molecule has 28 heavy (non-hydrogen) atoms. The van der Waals surface area contributed by atoms with Crippen LogP contribution < -0.4 is 10.1 Å². The van der Waals surface area contributed by atoms with E-state index < -0.39 is 15.9 Å². The molecule has 1 heterocycles. The van der Waals surface area contributed by atoms with E-state index in [0.29, 0.717) is 13.2 Å². The molecule has 3 rings (SSSR count). The first-order valence-electron chi connectivity index (χ1n) is 8.36. The van der Waals surface area contributed by atoms with Crippen molar-refractivity contribution >= 4 is 44.8 Å². The van der Waals surface area contributed by atoms with Gasteiger partial charge >= 0.3 is 0 Å². The predicted molar refractivity (Wildman–Crippen MR) is 107 cm³/mol. The number of hydrogen-bond acceptors (Lipinski definition) is 5. The Labute approximate surface area is 173 Å². The highest BCUT2D eigenvalue weighted by molar-refractivity contribution is 7.89. The van der Waals surface area contributed by atoms with Gasteiger partial charge in [0.1, 0.15) is 10.6 Å². The largest absolute Gasteiger partial charge is 0.495 e. The molecule has 1 amide bonds. The van der Waals surface area contributed by atoms with Gasteiger partial charge in [-0.3, -0.25) is 4.79 Å². The molecule has 1 fully saturated rings. The Morgan fingerprint density at radius 2 is 1.79 bits per heavy atom. The number of para-hydroxylation sites is 1. The second-order valence-electron chi connectivity index (χ2n) is 5.93. The smallest absolute Gasteiger partial charge is 0.255 e. The van der Waals surface area contributed by atoms with Crippen LogP contribution in [0.2, 0.25) is 10.0 Å². The average Bonchev–Trinajstić information content (AvgIpc) is 2.71. The Kier molecular flexibility index (Phi) is 6.47. The van der Waals surface area contributed by atoms with Crippen molar-refractivity contribution in [1.29, 1.82) is 0 Å². The zero-order chi connectivity index (χ0) is 20.3. The van der Waals surface area contributed by atoms with Crippen molar-refractivity contribution in [3.8, 4) is 5.75 Å². The molecular weight excluding hydrogens is 427 g/mol. The van der Waals surface area contributed by atoms with Crippen molar-refractivity contribution in [2.45, 2.75) is 4.90 Å². The number of anilines is 1. The molecule has 7 nitrogen and oxygen atoms in total. The summed E-state index contributed by atoms with van der Waals surface area (Å²) in [6, 6.07) is 9.02. The predicted octanol–water partition coefficient (Wildman–Crippen LogP) is 3.28. The SMILES string of the molecule is COc1ccc(C(=O)Nc2c(Cl)cccc2Cl)cc1S(=O)(=O)N1CCOCC1. The number of nitrogens with one attached hydrogen (secondary N) is 1. The molecule has 0 unspecified atom stereocenters. The summed E-state index contributed by atoms with van der Waals surface area (Å²) in [6.07, 6.45) is 0. The lowest BCUT2D eigenvalue weighted by molar-refractivity contribution is 0.0729. The van der Waals surface area contributed by atoms with Gasteiger partial charge in [0, 0.05) is 18.7 Å². The van der Waals surface area contributed by atoms with E-state index in [1.807, 2.05) is 0 Å². The van der Waals surface area contributed by atoms with Gasteiger partial charge in [-0.1, -0.05) is 29.3 Å². The molecule has 0 bridgehead atoms. The fourth-order valence-electron chi connectivity index (χ4n) is 2.75. The fourth-order valence-corrected chi connectivity index (χ4v) is 4.83. The molecule has 10 heteroatoms. The van der Waals surface area contributed by atoms with E-state index in [9.17, 15) is 13.2 Å². The van der Waals surface area contributed by atoms with Gasteiger partial charge in [-0.15, -0.1) is 0 Å². The lowest BCUT2D eigenvalue weighted by Gasteiger charge is -2.26. The number of ether oxygens (including phenoxy) is 2. The quantitative estimate of drug-likeness (QED) is 0.764. The van der Waals surface area contributed by atoms with Gasteiger partial charge in [0.25, 0.3) is 5.91 Å². The number of carbonyl (C=O) groups is 1. The Bertz CT molecular complexity index is 971. The zero-order valence-corrected chi connectivity index (χ0v) is 17.3. The molecule has 0 atom stereocenters. The van der Waals surface area contributed by atoms with Gasteiger partial charge in [-0.25, -0.2) is 8.42 Å². The second kappa shape index (κ2) is 8.67. The minimum absolute atomic E-state index is 0.0881. The maximum absolute atomic E-state index is 13.0. The van der Waals surface area contributed by atoms with Crippen LogP contribution in [0.4, 0.5) is 5.69 Å². The standard InChI is InChI=1S/C18H18Cl2N2O5S/c1-26-15-6-5-12(18(23)21-17-13(19)3-2-4-14(17)20)11-16(15)28(24,25)22-7-9-27-10-8-22/h2-6,11H,7-10H2,1H3,(H,21,23). The van der Waals surface area contributed by atoms with Crippen molar-refractivity contribution < 1.29 is 22.7 Å². The highest BCUT2D eigenvalue weighted by atomic mass is 35.5. The van der Waals surface area contributed by atoms with Crippen molar-refractivity contribution in [2.24, 2.45) is 0 Å². The van der Waals surface area contributed by atoms with Crippen LogP contribution in [-0.2, 0) is 14.8 Å². The van der Waals surface area contributed by atoms with Crippen LogP contribution in [0.3, 0.4) is 0 Å². The number of sulfonamides is 1. The number of hydrogen-bond donors (Lipinski definition) is 1.